The summed E-state index contributed by atoms with van der Waals surface area (Å²) in [5, 5.41) is 7.24. The van der Waals surface area contributed by atoms with Gasteiger partial charge >= 0.3 is 0 Å². The van der Waals surface area contributed by atoms with E-state index in [2.05, 4.69) is 23.4 Å². The highest BCUT2D eigenvalue weighted by Crippen LogP contribution is 2.20. The number of ether oxygens (including phenoxy) is 1. The molecule has 0 saturated heterocycles. The Morgan fingerprint density at radius 3 is 2.63 bits per heavy atom. The number of aryl methyl sites for hydroxylation is 4. The Morgan fingerprint density at radius 1 is 1.11 bits per heavy atom. The third-order valence-electron chi connectivity index (χ3n) is 4.44. The molecule has 0 saturated carbocycles. The first kappa shape index (κ1) is 18.7. The molecule has 5 nitrogen and oxygen atoms in total. The average Bonchev–Trinajstić information content (AvgIpc) is 2.96. The summed E-state index contributed by atoms with van der Waals surface area (Å²) in [6, 6.07) is 15.6. The van der Waals surface area contributed by atoms with E-state index in [1.807, 2.05) is 63.4 Å². The van der Waals surface area contributed by atoms with Crippen molar-refractivity contribution in [2.24, 2.45) is 7.05 Å². The van der Waals surface area contributed by atoms with Crippen LogP contribution in [0.2, 0.25) is 0 Å². The standard InChI is InChI=1S/C22H25N3O2/c1-15-8-9-21(16(2)10-15)27-14-18-6-5-7-19(12-18)22(26)23-13-20-11-17(3)24-25(20)4/h5-12H,13-14H2,1-4H3,(H,23,26). The summed E-state index contributed by atoms with van der Waals surface area (Å²) in [6.45, 7) is 6.90. The smallest absolute Gasteiger partial charge is 0.251 e. The fourth-order valence-electron chi connectivity index (χ4n) is 3.03. The molecule has 3 rings (SSSR count). The minimum Gasteiger partial charge on any atom is -0.489 e. The van der Waals surface area contributed by atoms with Crippen molar-refractivity contribution in [1.29, 1.82) is 0 Å². The molecule has 1 aromatic heterocycles. The molecule has 0 aliphatic rings. The Labute approximate surface area is 160 Å². The van der Waals surface area contributed by atoms with Gasteiger partial charge < -0.3 is 10.1 Å². The van der Waals surface area contributed by atoms with E-state index >= 15 is 0 Å². The second kappa shape index (κ2) is 8.08. The summed E-state index contributed by atoms with van der Waals surface area (Å²) in [7, 11) is 1.87. The molecular weight excluding hydrogens is 338 g/mol. The zero-order chi connectivity index (χ0) is 19.4. The molecule has 140 valence electrons. The number of nitrogens with one attached hydrogen (secondary N) is 1. The van der Waals surface area contributed by atoms with Gasteiger partial charge in [-0.1, -0.05) is 29.8 Å². The van der Waals surface area contributed by atoms with E-state index in [1.165, 1.54) is 5.56 Å². The molecular formula is C22H25N3O2. The molecule has 1 amide bonds. The van der Waals surface area contributed by atoms with Crippen molar-refractivity contribution < 1.29 is 9.53 Å². The molecule has 3 aromatic rings. The molecule has 0 spiro atoms. The Bertz CT molecular complexity index is 960. The summed E-state index contributed by atoms with van der Waals surface area (Å²) < 4.78 is 7.70. The molecule has 0 bridgehead atoms. The lowest BCUT2D eigenvalue weighted by Gasteiger charge is -2.11. The SMILES string of the molecule is Cc1ccc(OCc2cccc(C(=O)NCc3cc(C)nn3C)c2)c(C)c1. The number of carbonyl (C=O) groups is 1. The first-order valence-electron chi connectivity index (χ1n) is 8.99. The van der Waals surface area contributed by atoms with Crippen LogP contribution >= 0.6 is 0 Å². The maximum absolute atomic E-state index is 12.5. The zero-order valence-corrected chi connectivity index (χ0v) is 16.2. The second-order valence-corrected chi connectivity index (χ2v) is 6.84. The highest BCUT2D eigenvalue weighted by molar-refractivity contribution is 5.94. The van der Waals surface area contributed by atoms with E-state index in [4.69, 9.17) is 4.74 Å². The van der Waals surface area contributed by atoms with E-state index in [0.717, 1.165) is 28.3 Å². The summed E-state index contributed by atoms with van der Waals surface area (Å²) in [6.07, 6.45) is 0. The molecule has 1 heterocycles. The van der Waals surface area contributed by atoms with Gasteiger partial charge in [-0.3, -0.25) is 9.48 Å². The molecule has 0 aliphatic heterocycles. The van der Waals surface area contributed by atoms with Crippen LogP contribution in [0.4, 0.5) is 0 Å². The van der Waals surface area contributed by atoms with E-state index in [1.54, 1.807) is 4.68 Å². The van der Waals surface area contributed by atoms with Crippen LogP contribution < -0.4 is 10.1 Å². The van der Waals surface area contributed by atoms with E-state index in [9.17, 15) is 4.79 Å². The van der Waals surface area contributed by atoms with E-state index in [0.29, 0.717) is 18.7 Å². The van der Waals surface area contributed by atoms with Gasteiger partial charge in [0.1, 0.15) is 12.4 Å². The summed E-state index contributed by atoms with van der Waals surface area (Å²) in [4.78, 5) is 12.5. The predicted octanol–water partition coefficient (Wildman–Crippen LogP) is 3.85. The predicted molar refractivity (Wildman–Crippen MR) is 106 cm³/mol. The van der Waals surface area contributed by atoms with Crippen molar-refractivity contribution in [3.8, 4) is 5.75 Å². The maximum atomic E-state index is 12.5. The fourth-order valence-corrected chi connectivity index (χ4v) is 3.03. The Hall–Kier alpha value is -3.08. The molecule has 0 radical (unpaired) electrons. The van der Waals surface area contributed by atoms with Gasteiger partial charge in [0.15, 0.2) is 0 Å². The van der Waals surface area contributed by atoms with Crippen molar-refractivity contribution >= 4 is 5.91 Å². The maximum Gasteiger partial charge on any atom is 0.251 e. The molecule has 0 atom stereocenters. The van der Waals surface area contributed by atoms with Crippen molar-refractivity contribution in [1.82, 2.24) is 15.1 Å². The summed E-state index contributed by atoms with van der Waals surface area (Å²) >= 11 is 0. The number of aromatic nitrogens is 2. The first-order valence-corrected chi connectivity index (χ1v) is 8.99. The fraction of sp³-hybridized carbons (Fsp3) is 0.273. The van der Waals surface area contributed by atoms with Crippen LogP contribution in [0.5, 0.6) is 5.75 Å². The highest BCUT2D eigenvalue weighted by Gasteiger charge is 2.09. The van der Waals surface area contributed by atoms with Gasteiger partial charge in [0, 0.05) is 12.6 Å². The number of hydrogen-bond donors (Lipinski definition) is 1. The van der Waals surface area contributed by atoms with Gasteiger partial charge in [-0.2, -0.15) is 5.10 Å². The largest absolute Gasteiger partial charge is 0.489 e. The van der Waals surface area contributed by atoms with Crippen LogP contribution in [0.15, 0.2) is 48.5 Å². The second-order valence-electron chi connectivity index (χ2n) is 6.84. The van der Waals surface area contributed by atoms with Crippen molar-refractivity contribution in [2.75, 3.05) is 0 Å². The number of carbonyl (C=O) groups excluding carboxylic acids is 1. The van der Waals surface area contributed by atoms with Gasteiger partial charge in [0.05, 0.1) is 17.9 Å². The van der Waals surface area contributed by atoms with Gasteiger partial charge in [0.25, 0.3) is 5.91 Å². The zero-order valence-electron chi connectivity index (χ0n) is 16.2. The molecule has 1 N–H and O–H groups in total. The Balaban J connectivity index is 1.62. The van der Waals surface area contributed by atoms with E-state index in [-0.39, 0.29) is 5.91 Å². The van der Waals surface area contributed by atoms with Crippen LogP contribution in [-0.2, 0) is 20.2 Å². The van der Waals surface area contributed by atoms with Crippen molar-refractivity contribution in [2.45, 2.75) is 33.9 Å². The van der Waals surface area contributed by atoms with Gasteiger partial charge in [-0.05, 0) is 56.2 Å². The first-order chi connectivity index (χ1) is 12.9. The lowest BCUT2D eigenvalue weighted by atomic mass is 10.1. The molecule has 0 aliphatic carbocycles. The highest BCUT2D eigenvalue weighted by atomic mass is 16.5. The summed E-state index contributed by atoms with van der Waals surface area (Å²) in [5.74, 6) is 0.754. The lowest BCUT2D eigenvalue weighted by Crippen LogP contribution is -2.24. The molecule has 0 fully saturated rings. The minimum atomic E-state index is -0.109. The number of nitrogens with zero attached hydrogens (tertiary/aromatic N) is 2. The van der Waals surface area contributed by atoms with Crippen LogP contribution in [0.25, 0.3) is 0 Å². The van der Waals surface area contributed by atoms with Crippen LogP contribution in [-0.4, -0.2) is 15.7 Å². The quantitative estimate of drug-likeness (QED) is 0.724. The van der Waals surface area contributed by atoms with Gasteiger partial charge in [-0.25, -0.2) is 0 Å². The number of hydrogen-bond acceptors (Lipinski definition) is 3. The third-order valence-corrected chi connectivity index (χ3v) is 4.44. The molecule has 27 heavy (non-hydrogen) atoms. The Morgan fingerprint density at radius 2 is 1.93 bits per heavy atom. The van der Waals surface area contributed by atoms with Gasteiger partial charge in [0.2, 0.25) is 0 Å². The molecule has 0 unspecified atom stereocenters. The van der Waals surface area contributed by atoms with E-state index < -0.39 is 0 Å². The Kier molecular flexibility index (Phi) is 5.60. The van der Waals surface area contributed by atoms with Crippen LogP contribution in [0, 0.1) is 20.8 Å². The molecule has 5 heteroatoms. The summed E-state index contributed by atoms with van der Waals surface area (Å²) in [5.41, 5.74) is 5.80. The van der Waals surface area contributed by atoms with Crippen LogP contribution in [0.1, 0.15) is 38.4 Å². The lowest BCUT2D eigenvalue weighted by molar-refractivity contribution is 0.0950. The minimum absolute atomic E-state index is 0.109. The number of rotatable bonds is 6. The topological polar surface area (TPSA) is 56.1 Å². The third kappa shape index (κ3) is 4.76. The monoisotopic (exact) mass is 363 g/mol. The number of benzene rings is 2. The normalized spacial score (nSPS) is 10.7. The van der Waals surface area contributed by atoms with Gasteiger partial charge in [-0.15, -0.1) is 0 Å². The average molecular weight is 363 g/mol. The number of amides is 1. The van der Waals surface area contributed by atoms with Crippen LogP contribution in [0.3, 0.4) is 0 Å². The van der Waals surface area contributed by atoms with Crippen molar-refractivity contribution in [3.63, 3.8) is 0 Å². The molecule has 2 aromatic carbocycles. The van der Waals surface area contributed by atoms with Crippen molar-refractivity contribution in [3.05, 3.63) is 82.2 Å².